The maximum absolute atomic E-state index is 13.2. The number of ether oxygens (including phenoxy) is 4. The molecule has 0 fully saturated rings. The van der Waals surface area contributed by atoms with Crippen LogP contribution >= 0.6 is 15.6 Å². The largest absolute Gasteiger partial charge is 0.472 e. The van der Waals surface area contributed by atoms with Crippen LogP contribution in [0.25, 0.3) is 0 Å². The summed E-state index contributed by atoms with van der Waals surface area (Å²) in [7, 11) is -9.94. The molecule has 0 rings (SSSR count). The van der Waals surface area contributed by atoms with Crippen molar-refractivity contribution < 1.29 is 80.2 Å². The Morgan fingerprint density at radius 3 is 0.617 bits per heavy atom. The molecule has 3 N–H and O–H groups in total. The number of hydrogen-bond donors (Lipinski definition) is 3. The van der Waals surface area contributed by atoms with Gasteiger partial charge in [0.05, 0.1) is 26.4 Å². The lowest BCUT2D eigenvalue weighted by atomic mass is 9.99. The number of hydrogen-bond acceptors (Lipinski definition) is 15. The van der Waals surface area contributed by atoms with Crippen LogP contribution in [0.15, 0.2) is 0 Å². The van der Waals surface area contributed by atoms with Gasteiger partial charge in [-0.05, 0) is 43.4 Å². The van der Waals surface area contributed by atoms with E-state index in [2.05, 4.69) is 48.5 Å². The number of esters is 4. The fraction of sp³-hybridized carbons (Fsp3) is 0.958. The molecule has 684 valence electrons. The highest BCUT2D eigenvalue weighted by Crippen LogP contribution is 2.45. The molecule has 19 heteroatoms. The first-order valence-corrected chi connectivity index (χ1v) is 52.5. The van der Waals surface area contributed by atoms with Crippen molar-refractivity contribution in [3.8, 4) is 0 Å². The Kier molecular flexibility index (Phi) is 84.2. The molecule has 0 amide bonds. The molecular weight excluding hydrogens is 1490 g/mol. The molecule has 0 spiro atoms. The van der Waals surface area contributed by atoms with Gasteiger partial charge in [0.2, 0.25) is 0 Å². The molecule has 17 nitrogen and oxygen atoms in total. The van der Waals surface area contributed by atoms with Crippen LogP contribution in [0.3, 0.4) is 0 Å². The smallest absolute Gasteiger partial charge is 0.462 e. The van der Waals surface area contributed by atoms with Gasteiger partial charge < -0.3 is 33.8 Å². The molecule has 0 aromatic carbocycles. The predicted octanol–water partition coefficient (Wildman–Crippen LogP) is 30.0. The van der Waals surface area contributed by atoms with Crippen LogP contribution in [0.4, 0.5) is 0 Å². The van der Waals surface area contributed by atoms with Crippen molar-refractivity contribution in [3.05, 3.63) is 0 Å². The van der Waals surface area contributed by atoms with Crippen LogP contribution in [-0.4, -0.2) is 96.7 Å². The average Bonchev–Trinajstić information content (AvgIpc) is 0.897. The van der Waals surface area contributed by atoms with Gasteiger partial charge >= 0.3 is 39.5 Å². The van der Waals surface area contributed by atoms with Crippen molar-refractivity contribution in [2.24, 2.45) is 17.8 Å². The van der Waals surface area contributed by atoms with Gasteiger partial charge in [-0.25, -0.2) is 9.13 Å². The molecule has 0 saturated carbocycles. The van der Waals surface area contributed by atoms with Gasteiger partial charge in [0, 0.05) is 25.7 Å². The molecule has 0 radical (unpaired) electrons. The second-order valence-electron chi connectivity index (χ2n) is 35.2. The van der Waals surface area contributed by atoms with Gasteiger partial charge in [0.25, 0.3) is 0 Å². The average molecular weight is 1680 g/mol. The molecule has 115 heavy (non-hydrogen) atoms. The van der Waals surface area contributed by atoms with Crippen molar-refractivity contribution in [2.45, 2.75) is 535 Å². The fourth-order valence-corrected chi connectivity index (χ4v) is 16.6. The van der Waals surface area contributed by atoms with Crippen LogP contribution in [0, 0.1) is 17.8 Å². The van der Waals surface area contributed by atoms with Crippen molar-refractivity contribution in [2.75, 3.05) is 39.6 Å². The minimum Gasteiger partial charge on any atom is -0.462 e. The van der Waals surface area contributed by atoms with Gasteiger partial charge in [0.15, 0.2) is 12.2 Å². The summed E-state index contributed by atoms with van der Waals surface area (Å²) in [4.78, 5) is 73.6. The standard InChI is InChI=1S/C96H188O17P2/c1-8-12-13-14-15-16-17-32-42-49-56-63-70-77-93(98)106-83-91(113-96(101)80-73-66-59-52-45-38-31-30-35-41-48-55-62-69-76-89(7)11-4)85-110-114(102,103)108-81-90(97)82-109-115(104,105)111-86-92(112-95(100)79-72-65-58-51-44-37-29-25-21-19-23-27-34-40-47-54-61-68-75-88(6)10-3)84-107-94(99)78-71-64-57-50-43-36-28-24-20-18-22-26-33-39-46-53-60-67-74-87(5)9-2/h87-92,97H,8-86H2,1-7H3,(H,102,103)(H,104,105)/t87?,88?,89?,90-,91+,92+/m0/s1. The van der Waals surface area contributed by atoms with Crippen LogP contribution in [0.1, 0.15) is 517 Å². The number of phosphoric acid groups is 2. The first kappa shape index (κ1) is 113. The second kappa shape index (κ2) is 85.6. The zero-order valence-electron chi connectivity index (χ0n) is 76.3. The zero-order chi connectivity index (χ0) is 84.3. The van der Waals surface area contributed by atoms with E-state index in [4.69, 9.17) is 37.0 Å². The van der Waals surface area contributed by atoms with Gasteiger partial charge in [-0.2, -0.15) is 0 Å². The number of aliphatic hydroxyl groups is 1. The molecule has 8 atom stereocenters. The van der Waals surface area contributed by atoms with E-state index in [1.54, 1.807) is 0 Å². The summed E-state index contributed by atoms with van der Waals surface area (Å²) in [6, 6.07) is 0. The monoisotopic (exact) mass is 1680 g/mol. The highest BCUT2D eigenvalue weighted by atomic mass is 31.2. The van der Waals surface area contributed by atoms with Gasteiger partial charge in [-0.1, -0.05) is 466 Å². The van der Waals surface area contributed by atoms with E-state index in [0.717, 1.165) is 108 Å². The Bertz CT molecular complexity index is 2210. The lowest BCUT2D eigenvalue weighted by Crippen LogP contribution is -2.30. The summed E-state index contributed by atoms with van der Waals surface area (Å²) in [5.74, 6) is 0.500. The maximum atomic E-state index is 13.2. The molecule has 0 bridgehead atoms. The fourth-order valence-electron chi connectivity index (χ4n) is 15.0. The van der Waals surface area contributed by atoms with Crippen molar-refractivity contribution in [3.63, 3.8) is 0 Å². The van der Waals surface area contributed by atoms with Crippen molar-refractivity contribution in [1.29, 1.82) is 0 Å². The third-order valence-electron chi connectivity index (χ3n) is 23.7. The third kappa shape index (κ3) is 85.4. The number of rotatable bonds is 94. The van der Waals surface area contributed by atoms with E-state index >= 15 is 0 Å². The molecule has 0 aliphatic rings. The Morgan fingerprint density at radius 1 is 0.243 bits per heavy atom. The van der Waals surface area contributed by atoms with E-state index in [9.17, 15) is 43.2 Å². The minimum absolute atomic E-state index is 0.108. The van der Waals surface area contributed by atoms with E-state index < -0.39 is 97.5 Å². The molecule has 0 saturated heterocycles. The number of phosphoric ester groups is 2. The SMILES string of the molecule is CCCCCCCCCCCCCCCC(=O)OC[C@H](COP(=O)(O)OC[C@H](O)COP(=O)(O)OC[C@@H](COC(=O)CCCCCCCCCCCCCCCCCCCCC(C)CC)OC(=O)CCCCCCCCCCCCCCCCCCCCC(C)CC)OC(=O)CCCCCCCCCCCCCCCCC(C)CC. The lowest BCUT2D eigenvalue weighted by molar-refractivity contribution is -0.161. The number of aliphatic hydroxyl groups excluding tert-OH is 1. The van der Waals surface area contributed by atoms with Crippen molar-refractivity contribution >= 4 is 39.5 Å². The first-order chi connectivity index (χ1) is 55.8. The molecule has 0 aliphatic heterocycles. The summed E-state index contributed by atoms with van der Waals surface area (Å²) in [6.45, 7) is 12.2. The normalized spacial score (nSPS) is 14.4. The quantitative estimate of drug-likeness (QED) is 0.0222. The second-order valence-corrected chi connectivity index (χ2v) is 38.1. The van der Waals surface area contributed by atoms with Gasteiger partial charge in [-0.3, -0.25) is 37.3 Å². The van der Waals surface area contributed by atoms with Crippen LogP contribution in [0.5, 0.6) is 0 Å². The number of carbonyl (C=O) groups excluding carboxylic acids is 4. The molecule has 5 unspecified atom stereocenters. The summed E-state index contributed by atoms with van der Waals surface area (Å²) in [5, 5.41) is 10.7. The van der Waals surface area contributed by atoms with Gasteiger partial charge in [0.1, 0.15) is 19.3 Å². The van der Waals surface area contributed by atoms with E-state index in [1.807, 2.05) is 0 Å². The first-order valence-electron chi connectivity index (χ1n) is 49.5. The minimum atomic E-state index is -4.97. The lowest BCUT2D eigenvalue weighted by Gasteiger charge is -2.21. The maximum Gasteiger partial charge on any atom is 0.472 e. The van der Waals surface area contributed by atoms with Gasteiger partial charge in [-0.15, -0.1) is 0 Å². The summed E-state index contributed by atoms with van der Waals surface area (Å²) in [5.41, 5.74) is 0. The van der Waals surface area contributed by atoms with Crippen molar-refractivity contribution in [1.82, 2.24) is 0 Å². The van der Waals surface area contributed by atoms with E-state index in [1.165, 1.54) is 327 Å². The summed E-state index contributed by atoms with van der Waals surface area (Å²) < 4.78 is 69.2. The highest BCUT2D eigenvalue weighted by molar-refractivity contribution is 7.47. The predicted molar refractivity (Wildman–Crippen MR) is 478 cm³/mol. The molecule has 0 aromatic heterocycles. The zero-order valence-corrected chi connectivity index (χ0v) is 78.1. The molecular formula is C96H188O17P2. The van der Waals surface area contributed by atoms with E-state index in [0.29, 0.717) is 25.7 Å². The van der Waals surface area contributed by atoms with Crippen LogP contribution in [0.2, 0.25) is 0 Å². The third-order valence-corrected chi connectivity index (χ3v) is 25.6. The summed E-state index contributed by atoms with van der Waals surface area (Å²) >= 11 is 0. The topological polar surface area (TPSA) is 237 Å². The molecule has 0 aliphatic carbocycles. The van der Waals surface area contributed by atoms with Crippen LogP contribution < -0.4 is 0 Å². The summed E-state index contributed by atoms with van der Waals surface area (Å²) in [6.07, 6.45) is 80.4. The van der Waals surface area contributed by atoms with Crippen LogP contribution in [-0.2, 0) is 65.4 Å². The molecule has 0 heterocycles. The number of unbranched alkanes of at least 4 members (excludes halogenated alkanes) is 59. The Labute approximate surface area is 708 Å². The van der Waals surface area contributed by atoms with E-state index in [-0.39, 0.29) is 25.7 Å². The Hall–Kier alpha value is -1.94. The highest BCUT2D eigenvalue weighted by Gasteiger charge is 2.31. The number of carbonyl (C=O) groups is 4. The Balaban J connectivity index is 5.26. The molecule has 0 aromatic rings. The Morgan fingerprint density at radius 2 is 0.417 bits per heavy atom.